The SMILES string of the molecule is Cc1c(/C=N/NC(=O)c2ccco2)c2ccccc2n1C. The number of hydrogen-bond donors (Lipinski definition) is 1. The molecule has 5 heteroatoms. The molecule has 1 amide bonds. The first-order valence-electron chi connectivity index (χ1n) is 6.59. The number of benzene rings is 1. The van der Waals surface area contributed by atoms with Crippen molar-refractivity contribution in [1.29, 1.82) is 0 Å². The van der Waals surface area contributed by atoms with Gasteiger partial charge in [0, 0.05) is 29.2 Å². The predicted molar refractivity (Wildman–Crippen MR) is 81.4 cm³/mol. The van der Waals surface area contributed by atoms with Gasteiger partial charge in [0.1, 0.15) is 0 Å². The molecular weight excluding hydrogens is 266 g/mol. The number of carbonyl (C=O) groups is 1. The van der Waals surface area contributed by atoms with Gasteiger partial charge in [-0.25, -0.2) is 5.43 Å². The molecule has 0 atom stereocenters. The molecule has 0 saturated carbocycles. The van der Waals surface area contributed by atoms with E-state index in [4.69, 9.17) is 4.42 Å². The van der Waals surface area contributed by atoms with Gasteiger partial charge in [0.15, 0.2) is 5.76 Å². The number of nitrogens with zero attached hydrogens (tertiary/aromatic N) is 2. The Morgan fingerprint density at radius 2 is 2.10 bits per heavy atom. The summed E-state index contributed by atoms with van der Waals surface area (Å²) in [6.45, 7) is 2.02. The van der Waals surface area contributed by atoms with Crippen LogP contribution in [0, 0.1) is 6.92 Å². The first-order chi connectivity index (χ1) is 10.2. The van der Waals surface area contributed by atoms with E-state index in [1.807, 2.05) is 32.2 Å². The van der Waals surface area contributed by atoms with E-state index in [1.165, 1.54) is 6.26 Å². The van der Waals surface area contributed by atoms with Gasteiger partial charge >= 0.3 is 5.91 Å². The van der Waals surface area contributed by atoms with Gasteiger partial charge < -0.3 is 8.98 Å². The van der Waals surface area contributed by atoms with Crippen molar-refractivity contribution in [3.8, 4) is 0 Å². The van der Waals surface area contributed by atoms with E-state index in [9.17, 15) is 4.79 Å². The molecule has 106 valence electrons. The summed E-state index contributed by atoms with van der Waals surface area (Å²) >= 11 is 0. The van der Waals surface area contributed by atoms with E-state index >= 15 is 0 Å². The van der Waals surface area contributed by atoms with Crippen LogP contribution < -0.4 is 5.43 Å². The molecule has 0 saturated heterocycles. The lowest BCUT2D eigenvalue weighted by Gasteiger charge is -1.98. The molecule has 0 bridgehead atoms. The molecule has 0 spiro atoms. The minimum absolute atomic E-state index is 0.238. The van der Waals surface area contributed by atoms with Gasteiger partial charge in [-0.2, -0.15) is 5.10 Å². The monoisotopic (exact) mass is 281 g/mol. The number of hydrazone groups is 1. The molecule has 3 aromatic rings. The maximum atomic E-state index is 11.7. The van der Waals surface area contributed by atoms with E-state index in [0.29, 0.717) is 0 Å². The van der Waals surface area contributed by atoms with Gasteiger partial charge in [-0.05, 0) is 25.1 Å². The number of carbonyl (C=O) groups excluding carboxylic acids is 1. The number of aromatic nitrogens is 1. The second kappa shape index (κ2) is 5.28. The van der Waals surface area contributed by atoms with Gasteiger partial charge in [0.25, 0.3) is 0 Å². The maximum absolute atomic E-state index is 11.7. The third-order valence-corrected chi connectivity index (χ3v) is 3.55. The van der Waals surface area contributed by atoms with Gasteiger partial charge in [-0.3, -0.25) is 4.79 Å². The van der Waals surface area contributed by atoms with Crippen LogP contribution in [-0.4, -0.2) is 16.7 Å². The predicted octanol–water partition coefficient (Wildman–Crippen LogP) is 2.84. The van der Waals surface area contributed by atoms with Crippen molar-refractivity contribution in [2.45, 2.75) is 6.92 Å². The molecule has 1 N–H and O–H groups in total. The quantitative estimate of drug-likeness (QED) is 0.593. The van der Waals surface area contributed by atoms with E-state index in [1.54, 1.807) is 18.3 Å². The molecule has 0 aliphatic heterocycles. The van der Waals surface area contributed by atoms with Gasteiger partial charge in [0.05, 0.1) is 12.5 Å². The number of hydrogen-bond acceptors (Lipinski definition) is 3. The number of para-hydroxylation sites is 1. The van der Waals surface area contributed by atoms with Crippen molar-refractivity contribution >= 4 is 23.0 Å². The highest BCUT2D eigenvalue weighted by molar-refractivity contribution is 6.01. The topological polar surface area (TPSA) is 59.5 Å². The lowest BCUT2D eigenvalue weighted by molar-refractivity contribution is 0.0927. The third-order valence-electron chi connectivity index (χ3n) is 3.55. The molecule has 2 heterocycles. The van der Waals surface area contributed by atoms with Crippen LogP contribution in [-0.2, 0) is 7.05 Å². The van der Waals surface area contributed by atoms with E-state index in [2.05, 4.69) is 21.2 Å². The van der Waals surface area contributed by atoms with Crippen molar-refractivity contribution in [1.82, 2.24) is 9.99 Å². The van der Waals surface area contributed by atoms with Crippen molar-refractivity contribution in [2.24, 2.45) is 12.1 Å². The molecule has 0 aliphatic carbocycles. The van der Waals surface area contributed by atoms with Crippen LogP contribution in [0.1, 0.15) is 21.8 Å². The summed E-state index contributed by atoms with van der Waals surface area (Å²) in [7, 11) is 2.01. The lowest BCUT2D eigenvalue weighted by atomic mass is 10.1. The molecule has 1 aromatic carbocycles. The molecule has 0 aliphatic rings. The van der Waals surface area contributed by atoms with E-state index < -0.39 is 0 Å². The Balaban J connectivity index is 1.87. The maximum Gasteiger partial charge on any atom is 0.307 e. The van der Waals surface area contributed by atoms with Crippen LogP contribution in [0.3, 0.4) is 0 Å². The summed E-state index contributed by atoms with van der Waals surface area (Å²) < 4.78 is 7.11. The standard InChI is InChI=1S/C16H15N3O2/c1-11-13(12-6-3-4-7-14(12)19(11)2)10-17-18-16(20)15-8-5-9-21-15/h3-10H,1-2H3,(H,18,20)/b17-10+. The Hall–Kier alpha value is -2.82. The normalized spacial score (nSPS) is 11.3. The van der Waals surface area contributed by atoms with Gasteiger partial charge in [-0.1, -0.05) is 18.2 Å². The number of nitrogens with one attached hydrogen (secondary N) is 1. The smallest absolute Gasteiger partial charge is 0.307 e. The van der Waals surface area contributed by atoms with Crippen molar-refractivity contribution in [2.75, 3.05) is 0 Å². The van der Waals surface area contributed by atoms with Gasteiger partial charge in [0.2, 0.25) is 0 Å². The molecule has 0 radical (unpaired) electrons. The largest absolute Gasteiger partial charge is 0.459 e. The summed E-state index contributed by atoms with van der Waals surface area (Å²) in [5.74, 6) is -0.129. The second-order valence-corrected chi connectivity index (χ2v) is 4.75. The fourth-order valence-corrected chi connectivity index (χ4v) is 2.33. The number of rotatable bonds is 3. The lowest BCUT2D eigenvalue weighted by Crippen LogP contribution is -2.16. The highest BCUT2D eigenvalue weighted by atomic mass is 16.3. The van der Waals surface area contributed by atoms with Crippen LogP contribution in [0.5, 0.6) is 0 Å². The fourth-order valence-electron chi connectivity index (χ4n) is 2.33. The molecule has 2 aromatic heterocycles. The molecule has 21 heavy (non-hydrogen) atoms. The first kappa shape index (κ1) is 13.2. The third kappa shape index (κ3) is 2.33. The summed E-state index contributed by atoms with van der Waals surface area (Å²) in [6.07, 6.45) is 3.12. The highest BCUT2D eigenvalue weighted by Gasteiger charge is 2.10. The zero-order chi connectivity index (χ0) is 14.8. The Labute approximate surface area is 121 Å². The average molecular weight is 281 g/mol. The second-order valence-electron chi connectivity index (χ2n) is 4.75. The summed E-state index contributed by atoms with van der Waals surface area (Å²) in [5, 5.41) is 5.13. The molecular formula is C16H15N3O2. The molecule has 5 nitrogen and oxygen atoms in total. The Morgan fingerprint density at radius 3 is 2.86 bits per heavy atom. The van der Waals surface area contributed by atoms with E-state index in [0.717, 1.165) is 22.2 Å². The van der Waals surface area contributed by atoms with Crippen LogP contribution in [0.25, 0.3) is 10.9 Å². The summed E-state index contributed by atoms with van der Waals surface area (Å²) in [5.41, 5.74) is 5.68. The average Bonchev–Trinajstić information content (AvgIpc) is 3.11. The molecule has 3 rings (SSSR count). The van der Waals surface area contributed by atoms with Crippen LogP contribution in [0.4, 0.5) is 0 Å². The van der Waals surface area contributed by atoms with E-state index in [-0.39, 0.29) is 11.7 Å². The minimum atomic E-state index is -0.367. The van der Waals surface area contributed by atoms with Crippen LogP contribution >= 0.6 is 0 Å². The first-order valence-corrected chi connectivity index (χ1v) is 6.59. The van der Waals surface area contributed by atoms with Gasteiger partial charge in [-0.15, -0.1) is 0 Å². The Morgan fingerprint density at radius 1 is 1.29 bits per heavy atom. The number of amides is 1. The zero-order valence-electron chi connectivity index (χ0n) is 11.8. The van der Waals surface area contributed by atoms with Crippen LogP contribution in [0.15, 0.2) is 52.2 Å². The Kier molecular flexibility index (Phi) is 3.31. The number of furan rings is 1. The van der Waals surface area contributed by atoms with Crippen molar-refractivity contribution in [3.05, 3.63) is 59.7 Å². The summed E-state index contributed by atoms with van der Waals surface area (Å²) in [4.78, 5) is 11.7. The number of fused-ring (bicyclic) bond motifs is 1. The molecule has 0 fully saturated rings. The Bertz CT molecular complexity index is 814. The summed E-state index contributed by atoms with van der Waals surface area (Å²) in [6, 6.07) is 11.3. The minimum Gasteiger partial charge on any atom is -0.459 e. The van der Waals surface area contributed by atoms with Crippen molar-refractivity contribution < 1.29 is 9.21 Å². The molecule has 0 unspecified atom stereocenters. The van der Waals surface area contributed by atoms with Crippen molar-refractivity contribution in [3.63, 3.8) is 0 Å². The van der Waals surface area contributed by atoms with Crippen LogP contribution in [0.2, 0.25) is 0 Å². The zero-order valence-corrected chi connectivity index (χ0v) is 11.8. The highest BCUT2D eigenvalue weighted by Crippen LogP contribution is 2.22. The fraction of sp³-hybridized carbons (Fsp3) is 0.125. The number of aryl methyl sites for hydroxylation is 1.